The van der Waals surface area contributed by atoms with Crippen LogP contribution in [0.4, 0.5) is 32.0 Å². The largest absolute Gasteiger partial charge is 0.416 e. The molecule has 134 valence electrons. The predicted molar refractivity (Wildman–Crippen MR) is 80.3 cm³/mol. The van der Waals surface area contributed by atoms with E-state index < -0.39 is 35.1 Å². The fourth-order valence-corrected chi connectivity index (χ4v) is 2.29. The van der Waals surface area contributed by atoms with Gasteiger partial charge in [-0.05, 0) is 43.7 Å². The molecule has 0 heterocycles. The molecule has 0 saturated heterocycles. The minimum atomic E-state index is -4.97. The van der Waals surface area contributed by atoms with Crippen LogP contribution in [0.25, 0.3) is 0 Å². The molecule has 2 aromatic carbocycles. The molecule has 0 aliphatic carbocycles. The molecule has 1 N–H and O–H groups in total. The number of anilines is 1. The van der Waals surface area contributed by atoms with E-state index in [2.05, 4.69) is 5.32 Å². The van der Waals surface area contributed by atoms with Gasteiger partial charge in [-0.1, -0.05) is 17.7 Å². The molecule has 0 aliphatic rings. The first kappa shape index (κ1) is 18.8. The third kappa shape index (κ3) is 4.52. The monoisotopic (exact) mass is 361 g/mol. The third-order valence-corrected chi connectivity index (χ3v) is 3.47. The third-order valence-electron chi connectivity index (χ3n) is 3.47. The summed E-state index contributed by atoms with van der Waals surface area (Å²) < 4.78 is 76.9. The smallest absolute Gasteiger partial charge is 0.322 e. The van der Waals surface area contributed by atoms with Gasteiger partial charge in [0.2, 0.25) is 0 Å². The number of carbonyl (C=O) groups is 1. The van der Waals surface area contributed by atoms with Gasteiger partial charge in [-0.25, -0.2) is 0 Å². The number of alkyl halides is 6. The Balaban J connectivity index is 2.43. The van der Waals surface area contributed by atoms with E-state index in [1.54, 1.807) is 26.0 Å². The molecule has 2 aromatic rings. The van der Waals surface area contributed by atoms with E-state index in [0.717, 1.165) is 5.56 Å². The Morgan fingerprint density at radius 1 is 0.840 bits per heavy atom. The van der Waals surface area contributed by atoms with Crippen LogP contribution in [0.1, 0.15) is 32.6 Å². The highest BCUT2D eigenvalue weighted by molar-refractivity contribution is 6.05. The molecule has 0 spiro atoms. The van der Waals surface area contributed by atoms with E-state index in [1.807, 2.05) is 0 Å². The first-order chi connectivity index (χ1) is 11.4. The fraction of sp³-hybridized carbons (Fsp3) is 0.235. The minimum Gasteiger partial charge on any atom is -0.322 e. The quantitative estimate of drug-likeness (QED) is 0.694. The molecule has 0 aromatic heterocycles. The van der Waals surface area contributed by atoms with Gasteiger partial charge in [0, 0.05) is 11.3 Å². The number of carbonyl (C=O) groups excluding carboxylic acids is 1. The summed E-state index contributed by atoms with van der Waals surface area (Å²) in [5.41, 5.74) is -1.96. The maximum atomic E-state index is 12.8. The number of halogens is 6. The summed E-state index contributed by atoms with van der Waals surface area (Å²) in [6.45, 7) is 3.41. The van der Waals surface area contributed by atoms with E-state index in [-0.39, 0.29) is 11.6 Å². The Bertz CT molecular complexity index is 776. The van der Waals surface area contributed by atoms with Crippen LogP contribution in [-0.4, -0.2) is 5.91 Å². The molecule has 2 rings (SSSR count). The van der Waals surface area contributed by atoms with Crippen LogP contribution >= 0.6 is 0 Å². The number of hydrogen-bond acceptors (Lipinski definition) is 1. The van der Waals surface area contributed by atoms with Gasteiger partial charge in [0.25, 0.3) is 5.91 Å². The van der Waals surface area contributed by atoms with E-state index >= 15 is 0 Å². The van der Waals surface area contributed by atoms with Crippen LogP contribution in [0.2, 0.25) is 0 Å². The maximum Gasteiger partial charge on any atom is 0.416 e. The Morgan fingerprint density at radius 2 is 1.36 bits per heavy atom. The van der Waals surface area contributed by atoms with Gasteiger partial charge in [0.1, 0.15) is 0 Å². The Kier molecular flexibility index (Phi) is 4.83. The number of aryl methyl sites for hydroxylation is 2. The van der Waals surface area contributed by atoms with Gasteiger partial charge in [-0.15, -0.1) is 0 Å². The molecule has 0 fully saturated rings. The van der Waals surface area contributed by atoms with Crippen LogP contribution in [0.15, 0.2) is 36.4 Å². The van der Waals surface area contributed by atoms with E-state index in [1.165, 1.54) is 6.07 Å². The Morgan fingerprint density at radius 3 is 1.80 bits per heavy atom. The molecule has 0 atom stereocenters. The van der Waals surface area contributed by atoms with Crippen molar-refractivity contribution in [3.8, 4) is 0 Å². The normalized spacial score (nSPS) is 12.2. The summed E-state index contributed by atoms with van der Waals surface area (Å²) in [5, 5.41) is 2.10. The summed E-state index contributed by atoms with van der Waals surface area (Å²) in [7, 11) is 0. The highest BCUT2D eigenvalue weighted by Gasteiger charge is 2.37. The van der Waals surface area contributed by atoms with E-state index in [0.29, 0.717) is 17.7 Å². The molecule has 8 heteroatoms. The topological polar surface area (TPSA) is 29.1 Å². The summed E-state index contributed by atoms with van der Waals surface area (Å²) in [5.74, 6) is -0.787. The standard InChI is InChI=1S/C17H13F6NO/c1-9-3-4-14(10(2)5-9)15(25)24-13-7-11(16(18,19)20)6-12(8-13)17(21,22)23/h3-8H,1-2H3,(H,24,25). The lowest BCUT2D eigenvalue weighted by Gasteiger charge is -2.15. The van der Waals surface area contributed by atoms with Gasteiger partial charge < -0.3 is 5.32 Å². The van der Waals surface area contributed by atoms with Crippen LogP contribution in [0.5, 0.6) is 0 Å². The first-order valence-corrected chi connectivity index (χ1v) is 7.06. The van der Waals surface area contributed by atoms with Crippen LogP contribution in [0.3, 0.4) is 0 Å². The van der Waals surface area contributed by atoms with Gasteiger partial charge in [-0.3, -0.25) is 4.79 Å². The molecule has 0 aliphatic heterocycles. The molecule has 0 unspecified atom stereocenters. The number of rotatable bonds is 2. The summed E-state index contributed by atoms with van der Waals surface area (Å²) >= 11 is 0. The van der Waals surface area contributed by atoms with Crippen molar-refractivity contribution in [1.82, 2.24) is 0 Å². The van der Waals surface area contributed by atoms with Gasteiger partial charge in [-0.2, -0.15) is 26.3 Å². The van der Waals surface area contributed by atoms with Crippen molar-refractivity contribution in [3.63, 3.8) is 0 Å². The zero-order valence-electron chi connectivity index (χ0n) is 13.1. The van der Waals surface area contributed by atoms with Gasteiger partial charge in [0.05, 0.1) is 11.1 Å². The van der Waals surface area contributed by atoms with Crippen molar-refractivity contribution >= 4 is 11.6 Å². The second-order valence-electron chi connectivity index (χ2n) is 5.57. The number of nitrogens with one attached hydrogen (secondary N) is 1. The van der Waals surface area contributed by atoms with Crippen molar-refractivity contribution < 1.29 is 31.1 Å². The lowest BCUT2D eigenvalue weighted by atomic mass is 10.0. The number of benzene rings is 2. The van der Waals surface area contributed by atoms with Crippen LogP contribution in [-0.2, 0) is 12.4 Å². The van der Waals surface area contributed by atoms with Crippen LogP contribution < -0.4 is 5.32 Å². The Hall–Kier alpha value is -2.51. The second kappa shape index (κ2) is 6.42. The zero-order valence-corrected chi connectivity index (χ0v) is 13.1. The summed E-state index contributed by atoms with van der Waals surface area (Å²) in [6.07, 6.45) is -9.94. The van der Waals surface area contributed by atoms with Gasteiger partial charge >= 0.3 is 12.4 Å². The molecular formula is C17H13F6NO. The first-order valence-electron chi connectivity index (χ1n) is 7.06. The number of amides is 1. The highest BCUT2D eigenvalue weighted by Crippen LogP contribution is 2.37. The fourth-order valence-electron chi connectivity index (χ4n) is 2.29. The van der Waals surface area contributed by atoms with E-state index in [9.17, 15) is 31.1 Å². The van der Waals surface area contributed by atoms with Crippen molar-refractivity contribution in [3.05, 3.63) is 64.2 Å². The van der Waals surface area contributed by atoms with Crippen LogP contribution in [0, 0.1) is 13.8 Å². The summed E-state index contributed by atoms with van der Waals surface area (Å²) in [4.78, 5) is 12.2. The second-order valence-corrected chi connectivity index (χ2v) is 5.57. The molecular weight excluding hydrogens is 348 g/mol. The van der Waals surface area contributed by atoms with Crippen molar-refractivity contribution in [2.75, 3.05) is 5.32 Å². The SMILES string of the molecule is Cc1ccc(C(=O)Nc2cc(C(F)(F)F)cc(C(F)(F)F)c2)c(C)c1. The average molecular weight is 361 g/mol. The highest BCUT2D eigenvalue weighted by atomic mass is 19.4. The number of hydrogen-bond donors (Lipinski definition) is 1. The van der Waals surface area contributed by atoms with Crippen molar-refractivity contribution in [2.45, 2.75) is 26.2 Å². The zero-order chi connectivity index (χ0) is 19.0. The molecule has 25 heavy (non-hydrogen) atoms. The minimum absolute atomic E-state index is 0.00673. The lowest BCUT2D eigenvalue weighted by molar-refractivity contribution is -0.143. The van der Waals surface area contributed by atoms with Crippen molar-refractivity contribution in [2.24, 2.45) is 0 Å². The van der Waals surface area contributed by atoms with E-state index in [4.69, 9.17) is 0 Å². The van der Waals surface area contributed by atoms with Crippen molar-refractivity contribution in [1.29, 1.82) is 0 Å². The molecule has 0 saturated carbocycles. The predicted octanol–water partition coefficient (Wildman–Crippen LogP) is 5.59. The van der Waals surface area contributed by atoms with Gasteiger partial charge in [0.15, 0.2) is 0 Å². The maximum absolute atomic E-state index is 12.8. The molecule has 0 radical (unpaired) electrons. The molecule has 2 nitrogen and oxygen atoms in total. The summed E-state index contributed by atoms with van der Waals surface area (Å²) in [6, 6.07) is 5.70. The Labute approximate surface area is 139 Å². The molecule has 1 amide bonds. The average Bonchev–Trinajstić information content (AvgIpc) is 2.44. The molecule has 0 bridgehead atoms. The lowest BCUT2D eigenvalue weighted by Crippen LogP contribution is -2.16.